The average molecular weight is 884 g/mol. The van der Waals surface area contributed by atoms with E-state index in [1.54, 1.807) is 45.3 Å². The first-order valence-electron chi connectivity index (χ1n) is 22.1. The van der Waals surface area contributed by atoms with Crippen LogP contribution in [0.5, 0.6) is 0 Å². The number of pyridine rings is 2. The second-order valence-electron chi connectivity index (χ2n) is 17.2. The SMILES string of the molecule is C=C1OCc2c(cc3n(c2=O)Cc2cc4c(CCCCOCNC(=O)[C@H](C)CC(=O)[C@H](C)NC(=O)[C@H](C)CC(=O)CCCCCN5C(=O)C=CC5=O)c(C)c(F)cc4nc2-3)[C@@]1(O)CC. The van der Waals surface area contributed by atoms with Gasteiger partial charge in [0.2, 0.25) is 11.8 Å². The molecule has 1 aromatic carbocycles. The van der Waals surface area contributed by atoms with Crippen LogP contribution in [-0.2, 0) is 63.4 Å². The number of aliphatic hydroxyl groups is 1. The Bertz CT molecular complexity index is 2460. The van der Waals surface area contributed by atoms with Gasteiger partial charge in [-0.25, -0.2) is 9.37 Å². The van der Waals surface area contributed by atoms with E-state index in [0.717, 1.165) is 21.4 Å². The third kappa shape index (κ3) is 10.2. The minimum absolute atomic E-state index is 0.0157. The molecule has 3 aliphatic rings. The highest BCUT2D eigenvalue weighted by molar-refractivity contribution is 6.12. The number of rotatable bonds is 22. The van der Waals surface area contributed by atoms with Gasteiger partial charge in [-0.3, -0.25) is 38.5 Å². The number of ether oxygens (including phenoxy) is 2. The number of amides is 4. The summed E-state index contributed by atoms with van der Waals surface area (Å²) in [5.74, 6) is -3.43. The molecule has 3 aromatic rings. The van der Waals surface area contributed by atoms with Gasteiger partial charge in [-0.15, -0.1) is 0 Å². The number of hydrogen-bond donors (Lipinski definition) is 3. The van der Waals surface area contributed by atoms with E-state index in [0.29, 0.717) is 85.3 Å². The van der Waals surface area contributed by atoms with Gasteiger partial charge >= 0.3 is 0 Å². The molecule has 3 aliphatic heterocycles. The van der Waals surface area contributed by atoms with Crippen molar-refractivity contribution in [3.8, 4) is 11.4 Å². The van der Waals surface area contributed by atoms with Crippen molar-refractivity contribution in [3.63, 3.8) is 0 Å². The highest BCUT2D eigenvalue weighted by Crippen LogP contribution is 2.42. The summed E-state index contributed by atoms with van der Waals surface area (Å²) in [5.41, 5.74) is 2.80. The van der Waals surface area contributed by atoms with Gasteiger partial charge in [-0.05, 0) is 75.6 Å². The third-order valence-corrected chi connectivity index (χ3v) is 12.6. The number of carbonyl (C=O) groups excluding carboxylic acids is 6. The van der Waals surface area contributed by atoms with Crippen LogP contribution in [0.1, 0.15) is 113 Å². The van der Waals surface area contributed by atoms with Gasteiger partial charge in [-0.2, -0.15) is 0 Å². The van der Waals surface area contributed by atoms with Gasteiger partial charge in [0.05, 0.1) is 35.1 Å². The lowest BCUT2D eigenvalue weighted by atomic mass is 9.84. The minimum Gasteiger partial charge on any atom is -0.490 e. The molecule has 0 radical (unpaired) electrons. The zero-order valence-corrected chi connectivity index (χ0v) is 37.3. The molecule has 4 atom stereocenters. The maximum absolute atomic E-state index is 15.3. The summed E-state index contributed by atoms with van der Waals surface area (Å²) in [7, 11) is 0. The van der Waals surface area contributed by atoms with E-state index in [9.17, 15) is 38.7 Å². The molecule has 0 aliphatic carbocycles. The highest BCUT2D eigenvalue weighted by Gasteiger charge is 2.41. The van der Waals surface area contributed by atoms with E-state index < -0.39 is 29.4 Å². The van der Waals surface area contributed by atoms with Crippen molar-refractivity contribution in [2.75, 3.05) is 19.9 Å². The number of aryl methyl sites for hydroxylation is 1. The lowest BCUT2D eigenvalue weighted by molar-refractivity contribution is -0.137. The fourth-order valence-corrected chi connectivity index (χ4v) is 8.54. The maximum Gasteiger partial charge on any atom is 0.258 e. The van der Waals surface area contributed by atoms with Crippen molar-refractivity contribution in [2.24, 2.45) is 11.8 Å². The molecule has 0 saturated carbocycles. The number of carbonyl (C=O) groups is 6. The van der Waals surface area contributed by atoms with E-state index in [4.69, 9.17) is 14.5 Å². The number of imide groups is 1. The van der Waals surface area contributed by atoms with Crippen LogP contribution in [0.3, 0.4) is 0 Å². The number of halogens is 1. The molecule has 3 N–H and O–H groups in total. The monoisotopic (exact) mass is 883 g/mol. The van der Waals surface area contributed by atoms with Crippen molar-refractivity contribution in [2.45, 2.75) is 124 Å². The number of fused-ring (bicyclic) bond motifs is 5. The largest absolute Gasteiger partial charge is 0.490 e. The smallest absolute Gasteiger partial charge is 0.258 e. The Morgan fingerprint density at radius 1 is 0.984 bits per heavy atom. The molecule has 64 heavy (non-hydrogen) atoms. The van der Waals surface area contributed by atoms with Gasteiger partial charge in [0, 0.05) is 79.0 Å². The topological polar surface area (TPSA) is 203 Å². The Balaban J connectivity index is 0.905. The van der Waals surface area contributed by atoms with Crippen molar-refractivity contribution in [1.82, 2.24) is 25.1 Å². The van der Waals surface area contributed by atoms with E-state index in [-0.39, 0.29) is 92.0 Å². The van der Waals surface area contributed by atoms with E-state index in [2.05, 4.69) is 17.2 Å². The molecule has 15 nitrogen and oxygen atoms in total. The molecule has 6 rings (SSSR count). The van der Waals surface area contributed by atoms with E-state index in [1.807, 2.05) is 6.07 Å². The third-order valence-electron chi connectivity index (χ3n) is 12.6. The molecule has 0 spiro atoms. The maximum atomic E-state index is 15.3. The predicted molar refractivity (Wildman–Crippen MR) is 235 cm³/mol. The van der Waals surface area contributed by atoms with Crippen LogP contribution < -0.4 is 16.2 Å². The van der Waals surface area contributed by atoms with Crippen LogP contribution in [-0.4, -0.2) is 80.7 Å². The molecule has 0 unspecified atom stereocenters. The summed E-state index contributed by atoms with van der Waals surface area (Å²) in [6, 6.07) is 4.31. The standard InChI is InChI=1S/C48H58FN5O10/c1-7-48(62)31(6)64-25-36-37(48)22-40-44-32(24-54(40)47(36)61)21-35-34(29(4)38(49)23-39(35)52-44)14-10-12-18-63-26-50-45(59)28(3)20-41(56)30(5)51-46(60)27(2)19-33(55)13-9-8-11-17-53-42(57)15-16-43(53)58/h15-16,21-23,27-28,30,62H,6-14,17-20,24-26H2,1-5H3,(H,50,59)(H,51,60)/t27-,28-,30+,48-/m1/s1. The molecule has 2 aromatic heterocycles. The van der Waals surface area contributed by atoms with Crippen molar-refractivity contribution >= 4 is 46.1 Å². The van der Waals surface area contributed by atoms with Crippen LogP contribution in [0.15, 0.2) is 47.5 Å². The fraction of sp³-hybridized carbons (Fsp3) is 0.500. The quantitative estimate of drug-likeness (QED) is 0.0538. The van der Waals surface area contributed by atoms with Crippen molar-refractivity contribution < 1.29 is 47.7 Å². The Labute approximate surface area is 371 Å². The number of hydrogen-bond acceptors (Lipinski definition) is 11. The zero-order valence-electron chi connectivity index (χ0n) is 37.3. The summed E-state index contributed by atoms with van der Waals surface area (Å²) >= 11 is 0. The van der Waals surface area contributed by atoms with Gasteiger partial charge < -0.3 is 29.8 Å². The fourth-order valence-electron chi connectivity index (χ4n) is 8.54. The van der Waals surface area contributed by atoms with Crippen LogP contribution in [0.2, 0.25) is 0 Å². The molecular weight excluding hydrogens is 826 g/mol. The number of unbranched alkanes of at least 4 members (excludes halogenated alkanes) is 3. The number of Topliss-reactive ketones (excluding diaryl/α,β-unsaturated/α-hetero) is 2. The minimum atomic E-state index is -1.51. The predicted octanol–water partition coefficient (Wildman–Crippen LogP) is 5.11. The Hall–Kier alpha value is -5.87. The van der Waals surface area contributed by atoms with Crippen molar-refractivity contribution in [3.05, 3.63) is 86.7 Å². The van der Waals surface area contributed by atoms with Crippen LogP contribution >= 0.6 is 0 Å². The summed E-state index contributed by atoms with van der Waals surface area (Å²) in [6.45, 7) is 13.0. The molecular formula is C48H58FN5O10. The molecule has 342 valence electrons. The van der Waals surface area contributed by atoms with Crippen LogP contribution in [0.25, 0.3) is 22.3 Å². The normalized spacial score (nSPS) is 17.7. The lowest BCUT2D eigenvalue weighted by Gasteiger charge is -2.35. The molecule has 0 bridgehead atoms. The van der Waals surface area contributed by atoms with E-state index in [1.165, 1.54) is 18.2 Å². The second-order valence-corrected chi connectivity index (χ2v) is 17.2. The Morgan fingerprint density at radius 2 is 1.70 bits per heavy atom. The summed E-state index contributed by atoms with van der Waals surface area (Å²) in [4.78, 5) is 93.8. The molecule has 16 heteroatoms. The molecule has 4 amide bonds. The first kappa shape index (κ1) is 47.6. The Morgan fingerprint density at radius 3 is 2.42 bits per heavy atom. The summed E-state index contributed by atoms with van der Waals surface area (Å²) in [6.07, 6.45) is 6.52. The van der Waals surface area contributed by atoms with Crippen LogP contribution in [0, 0.1) is 24.6 Å². The number of benzene rings is 1. The second kappa shape index (κ2) is 20.3. The van der Waals surface area contributed by atoms with Crippen LogP contribution in [0.4, 0.5) is 4.39 Å². The van der Waals surface area contributed by atoms with Crippen molar-refractivity contribution in [1.29, 1.82) is 0 Å². The lowest BCUT2D eigenvalue weighted by Crippen LogP contribution is -2.43. The van der Waals surface area contributed by atoms with Gasteiger partial charge in [-0.1, -0.05) is 33.8 Å². The number of ketones is 2. The number of aromatic nitrogens is 2. The van der Waals surface area contributed by atoms with Gasteiger partial charge in [0.25, 0.3) is 17.4 Å². The average Bonchev–Trinajstić information content (AvgIpc) is 3.79. The molecule has 5 heterocycles. The van der Waals surface area contributed by atoms with E-state index >= 15 is 4.39 Å². The van der Waals surface area contributed by atoms with Gasteiger partial charge in [0.1, 0.15) is 36.3 Å². The number of nitrogens with one attached hydrogen (secondary N) is 2. The highest BCUT2D eigenvalue weighted by atomic mass is 19.1. The first-order valence-corrected chi connectivity index (χ1v) is 22.1. The Kier molecular flexibility index (Phi) is 15.1. The zero-order chi connectivity index (χ0) is 46.5. The van der Waals surface area contributed by atoms with Gasteiger partial charge in [0.15, 0.2) is 5.78 Å². The first-order chi connectivity index (χ1) is 30.4. The number of nitrogens with zero attached hydrogens (tertiary/aromatic N) is 3. The molecule has 0 fully saturated rings. The summed E-state index contributed by atoms with van der Waals surface area (Å²) in [5, 5.41) is 17.5. The molecule has 0 saturated heterocycles. The summed E-state index contributed by atoms with van der Waals surface area (Å²) < 4.78 is 28.2.